The van der Waals surface area contributed by atoms with Crippen molar-refractivity contribution < 1.29 is 35.5 Å². The van der Waals surface area contributed by atoms with Gasteiger partial charge in [-0.1, -0.05) is 69.2 Å². The van der Waals surface area contributed by atoms with Crippen molar-refractivity contribution in [3.8, 4) is 6.07 Å². The highest BCUT2D eigenvalue weighted by molar-refractivity contribution is 4.69. The summed E-state index contributed by atoms with van der Waals surface area (Å²) in [5.74, 6) is 0.574. The second-order valence-electron chi connectivity index (χ2n) is 9.42. The summed E-state index contributed by atoms with van der Waals surface area (Å²) in [5, 5.41) is 7.99. The van der Waals surface area contributed by atoms with E-state index < -0.39 is 31.4 Å². The van der Waals surface area contributed by atoms with Gasteiger partial charge in [0.2, 0.25) is 12.9 Å². The lowest BCUT2D eigenvalue weighted by molar-refractivity contribution is -0.141. The van der Waals surface area contributed by atoms with Gasteiger partial charge >= 0.3 is 6.18 Å². The third-order valence-corrected chi connectivity index (χ3v) is 2.79. The Hall–Kier alpha value is -1.04. The maximum absolute atomic E-state index is 11.3. The lowest BCUT2D eigenvalue weighted by atomic mass is 10.1. The molecule has 0 atom stereocenters. The molecule has 9 heteroatoms. The van der Waals surface area contributed by atoms with Crippen molar-refractivity contribution in [2.24, 2.45) is 29.6 Å². The van der Waals surface area contributed by atoms with E-state index in [1.54, 1.807) is 34.8 Å². The Balaban J connectivity index is -0.0000000995. The van der Waals surface area contributed by atoms with Gasteiger partial charge in [0.05, 0.1) is 6.07 Å². The average Bonchev–Trinajstić information content (AvgIpc) is 2.52. The molecule has 0 rings (SSSR count). The minimum absolute atomic E-state index is 0.0278. The number of hydrogen-bond acceptors (Lipinski definition) is 2. The smallest absolute Gasteiger partial charge is 0.384 e. The molecule has 0 aromatic carbocycles. The van der Waals surface area contributed by atoms with E-state index in [1.165, 1.54) is 13.8 Å². The van der Waals surface area contributed by atoms with Gasteiger partial charge in [0, 0.05) is 38.9 Å². The number of nitriles is 1. The Morgan fingerprint density at radius 2 is 1.12 bits per heavy atom. The summed E-state index contributed by atoms with van der Waals surface area (Å²) in [7, 11) is 1.72. The molecule has 0 amide bonds. The topological polar surface area (TPSA) is 33.0 Å². The standard InChI is InChI=1S/C5H9F3.C5H10F2.C5H9N.C5H12O.C4H8F2/c1-4(2)3-5(6,7)8;1-4(2)3-5(6)7;1-5(2)3-4-6;1-5(2)4-6-3;1-3(2)4(5)6/h4H,3H2,1-2H3;4-5H,3H2,1-2H3;5H,3H2,1-2H3;5H,4H2,1-3H3;3-4H,1-2H3. The van der Waals surface area contributed by atoms with Gasteiger partial charge in [0.25, 0.3) is 0 Å². The molecule has 0 fully saturated rings. The number of methoxy groups -OCH3 is 1. The van der Waals surface area contributed by atoms with Gasteiger partial charge in [-0.15, -0.1) is 0 Å². The Kier molecular flexibility index (Phi) is 34.7. The molecule has 33 heavy (non-hydrogen) atoms. The van der Waals surface area contributed by atoms with Crippen LogP contribution in [-0.2, 0) is 4.74 Å². The second kappa shape index (κ2) is 27.2. The van der Waals surface area contributed by atoms with Crippen molar-refractivity contribution in [2.45, 2.75) is 108 Å². The Morgan fingerprint density at radius 3 is 1.12 bits per heavy atom. The van der Waals surface area contributed by atoms with Crippen LogP contribution in [0.2, 0.25) is 0 Å². The lowest BCUT2D eigenvalue weighted by Crippen LogP contribution is -2.10. The van der Waals surface area contributed by atoms with Crippen molar-refractivity contribution >= 4 is 0 Å². The molecule has 2 nitrogen and oxygen atoms in total. The summed E-state index contributed by atoms with van der Waals surface area (Å²) in [6, 6.07) is 2.07. The molecule has 204 valence electrons. The van der Waals surface area contributed by atoms with Crippen LogP contribution >= 0.6 is 0 Å². The number of alkyl halides is 7. The highest BCUT2D eigenvalue weighted by Crippen LogP contribution is 2.23. The normalized spacial score (nSPS) is 10.8. The maximum Gasteiger partial charge on any atom is 0.389 e. The quantitative estimate of drug-likeness (QED) is 0.327. The molecule has 0 aliphatic heterocycles. The molecule has 0 aromatic heterocycles. The van der Waals surface area contributed by atoms with Crippen molar-refractivity contribution in [3.63, 3.8) is 0 Å². The van der Waals surface area contributed by atoms with E-state index in [4.69, 9.17) is 10.00 Å². The number of hydrogen-bond donors (Lipinski definition) is 0. The fourth-order valence-corrected chi connectivity index (χ4v) is 1.34. The van der Waals surface area contributed by atoms with Gasteiger partial charge < -0.3 is 4.74 Å². The molecule has 0 spiro atoms. The van der Waals surface area contributed by atoms with Crippen LogP contribution in [0.5, 0.6) is 0 Å². The predicted molar refractivity (Wildman–Crippen MR) is 124 cm³/mol. The third-order valence-electron chi connectivity index (χ3n) is 2.79. The molecule has 0 radical (unpaired) electrons. The van der Waals surface area contributed by atoms with E-state index in [0.717, 1.165) is 6.61 Å². The molecule has 0 aliphatic rings. The maximum atomic E-state index is 11.3. The zero-order chi connectivity index (χ0) is 27.8. The Labute approximate surface area is 198 Å². The molecule has 0 aromatic rings. The first-order valence-electron chi connectivity index (χ1n) is 11.2. The summed E-state index contributed by atoms with van der Waals surface area (Å²) < 4.78 is 83.6. The molecule has 0 saturated carbocycles. The first-order chi connectivity index (χ1) is 14.7. The minimum atomic E-state index is -3.98. The van der Waals surface area contributed by atoms with Crippen LogP contribution in [0.15, 0.2) is 0 Å². The van der Waals surface area contributed by atoms with Crippen LogP contribution in [0.4, 0.5) is 30.7 Å². The predicted octanol–water partition coefficient (Wildman–Crippen LogP) is 9.64. The van der Waals surface area contributed by atoms with Crippen LogP contribution < -0.4 is 0 Å². The fraction of sp³-hybridized carbons (Fsp3) is 0.958. The summed E-state index contributed by atoms with van der Waals surface area (Å²) in [4.78, 5) is 0. The molecule has 0 N–H and O–H groups in total. The van der Waals surface area contributed by atoms with Gasteiger partial charge in [-0.2, -0.15) is 18.4 Å². The van der Waals surface area contributed by atoms with Crippen LogP contribution in [0, 0.1) is 40.9 Å². The molecule has 0 bridgehead atoms. The largest absolute Gasteiger partial charge is 0.389 e. The van der Waals surface area contributed by atoms with Crippen LogP contribution in [0.1, 0.15) is 88.5 Å². The summed E-state index contributed by atoms with van der Waals surface area (Å²) >= 11 is 0. The summed E-state index contributed by atoms with van der Waals surface area (Å²) in [6.45, 7) is 18.8. The van der Waals surface area contributed by atoms with Crippen molar-refractivity contribution in [3.05, 3.63) is 0 Å². The molecule has 0 heterocycles. The van der Waals surface area contributed by atoms with Crippen LogP contribution in [0.3, 0.4) is 0 Å². The summed E-state index contributed by atoms with van der Waals surface area (Å²) in [6.07, 6.45) is -8.22. The van der Waals surface area contributed by atoms with Crippen LogP contribution in [0.25, 0.3) is 0 Å². The Bertz CT molecular complexity index is 391. The lowest BCUT2D eigenvalue weighted by Gasteiger charge is -2.07. The SMILES string of the molecule is CC(C)C(F)F.CC(C)CC#N.CC(C)CC(F)(F)F.CC(C)CC(F)F.COCC(C)C. The van der Waals surface area contributed by atoms with Gasteiger partial charge in [0.1, 0.15) is 0 Å². The van der Waals surface area contributed by atoms with E-state index in [1.807, 2.05) is 13.8 Å². The van der Waals surface area contributed by atoms with E-state index in [0.29, 0.717) is 18.3 Å². The zero-order valence-electron chi connectivity index (χ0n) is 22.4. The van der Waals surface area contributed by atoms with Gasteiger partial charge in [-0.25, -0.2) is 17.6 Å². The van der Waals surface area contributed by atoms with E-state index in [-0.39, 0.29) is 18.3 Å². The molecule has 0 unspecified atom stereocenters. The first-order valence-corrected chi connectivity index (χ1v) is 11.2. The van der Waals surface area contributed by atoms with Crippen LogP contribution in [-0.4, -0.2) is 32.7 Å². The second-order valence-corrected chi connectivity index (χ2v) is 9.42. The van der Waals surface area contributed by atoms with Gasteiger partial charge in [-0.05, 0) is 23.7 Å². The van der Waals surface area contributed by atoms with Gasteiger partial charge in [-0.3, -0.25) is 0 Å². The van der Waals surface area contributed by atoms with Crippen molar-refractivity contribution in [2.75, 3.05) is 13.7 Å². The third kappa shape index (κ3) is 80.5. The molecular weight excluding hydrogens is 451 g/mol. The first kappa shape index (κ1) is 42.1. The monoisotopic (exact) mass is 499 g/mol. The highest BCUT2D eigenvalue weighted by Gasteiger charge is 2.27. The summed E-state index contributed by atoms with van der Waals surface area (Å²) in [5.41, 5.74) is 0. The molecule has 0 saturated heterocycles. The zero-order valence-corrected chi connectivity index (χ0v) is 22.4. The van der Waals surface area contributed by atoms with E-state index >= 15 is 0 Å². The average molecular weight is 500 g/mol. The number of nitrogens with zero attached hydrogens (tertiary/aromatic N) is 1. The van der Waals surface area contributed by atoms with E-state index in [2.05, 4.69) is 19.9 Å². The molecular formula is C24H48F7NO. The number of rotatable bonds is 7. The minimum Gasteiger partial charge on any atom is -0.384 e. The van der Waals surface area contributed by atoms with Crippen molar-refractivity contribution in [1.29, 1.82) is 5.26 Å². The van der Waals surface area contributed by atoms with E-state index in [9.17, 15) is 30.7 Å². The fourth-order valence-electron chi connectivity index (χ4n) is 1.34. The van der Waals surface area contributed by atoms with Crippen molar-refractivity contribution in [1.82, 2.24) is 0 Å². The highest BCUT2D eigenvalue weighted by atomic mass is 19.4. The molecule has 0 aliphatic carbocycles. The number of ether oxygens (including phenoxy) is 1. The Morgan fingerprint density at radius 1 is 0.727 bits per heavy atom. The van der Waals surface area contributed by atoms with Gasteiger partial charge in [0.15, 0.2) is 0 Å². The number of halogens is 7.